The number of ether oxygens (including phenoxy) is 1. The Bertz CT molecular complexity index is 825. The lowest BCUT2D eigenvalue weighted by Crippen LogP contribution is -2.45. The summed E-state index contributed by atoms with van der Waals surface area (Å²) in [5.74, 6) is -0.0980. The second kappa shape index (κ2) is 10.7. The van der Waals surface area contributed by atoms with Crippen LogP contribution in [0.5, 0.6) is 5.75 Å². The minimum absolute atomic E-state index is 0.0648. The number of nitrogens with zero attached hydrogens (tertiary/aromatic N) is 1. The van der Waals surface area contributed by atoms with E-state index in [2.05, 4.69) is 0 Å². The molecule has 0 fully saturated rings. The Morgan fingerprint density at radius 1 is 1.13 bits per heavy atom. The predicted molar refractivity (Wildman–Crippen MR) is 111 cm³/mol. The Labute approximate surface area is 179 Å². The Morgan fingerprint density at radius 3 is 2.30 bits per heavy atom. The van der Waals surface area contributed by atoms with Crippen LogP contribution in [0, 0.1) is 5.92 Å². The van der Waals surface area contributed by atoms with Gasteiger partial charge in [-0.25, -0.2) is 0 Å². The maximum Gasteiger partial charge on any atom is 0.416 e. The maximum absolute atomic E-state index is 12.8. The van der Waals surface area contributed by atoms with Crippen LogP contribution in [0.15, 0.2) is 58.3 Å². The number of alkyl halides is 3. The van der Waals surface area contributed by atoms with Crippen LogP contribution in [0.1, 0.15) is 26.3 Å². The van der Waals surface area contributed by atoms with E-state index in [4.69, 9.17) is 9.84 Å². The number of halogens is 3. The van der Waals surface area contributed by atoms with Gasteiger partial charge in [-0.1, -0.05) is 44.7 Å². The molecule has 0 amide bonds. The first-order valence-electron chi connectivity index (χ1n) is 9.64. The summed E-state index contributed by atoms with van der Waals surface area (Å²) < 4.78 is 44.3. The molecule has 0 aliphatic rings. The van der Waals surface area contributed by atoms with Crippen molar-refractivity contribution in [2.24, 2.45) is 5.92 Å². The highest BCUT2D eigenvalue weighted by Crippen LogP contribution is 2.37. The molecule has 30 heavy (non-hydrogen) atoms. The first-order valence-corrected chi connectivity index (χ1v) is 10.5. The third-order valence-corrected chi connectivity index (χ3v) is 5.72. The molecule has 1 N–H and O–H groups in total. The summed E-state index contributed by atoms with van der Waals surface area (Å²) in [5, 5.41) is 9.15. The van der Waals surface area contributed by atoms with Crippen molar-refractivity contribution in [3.63, 3.8) is 0 Å². The molecule has 0 aromatic heterocycles. The highest BCUT2D eigenvalue weighted by molar-refractivity contribution is 7.99. The number of hydrogen-bond acceptors (Lipinski definition) is 4. The van der Waals surface area contributed by atoms with E-state index in [1.54, 1.807) is 6.07 Å². The van der Waals surface area contributed by atoms with Gasteiger partial charge in [0, 0.05) is 10.9 Å². The third-order valence-electron chi connectivity index (χ3n) is 4.65. The van der Waals surface area contributed by atoms with Crippen molar-refractivity contribution in [2.45, 2.75) is 42.8 Å². The van der Waals surface area contributed by atoms with E-state index < -0.39 is 17.7 Å². The zero-order valence-electron chi connectivity index (χ0n) is 17.1. The Hall–Kier alpha value is -2.19. The molecule has 0 aliphatic carbocycles. The lowest BCUT2D eigenvalue weighted by molar-refractivity contribution is -0.139. The van der Waals surface area contributed by atoms with Crippen LogP contribution in [0.25, 0.3) is 0 Å². The van der Waals surface area contributed by atoms with Crippen molar-refractivity contribution in [3.8, 4) is 5.75 Å². The number of carboxylic acids is 1. The fourth-order valence-corrected chi connectivity index (χ4v) is 3.92. The molecule has 2 aromatic carbocycles. The number of aliphatic carboxylic acids is 1. The van der Waals surface area contributed by atoms with Gasteiger partial charge in [0.2, 0.25) is 0 Å². The van der Waals surface area contributed by atoms with Gasteiger partial charge < -0.3 is 9.84 Å². The second-order valence-corrected chi connectivity index (χ2v) is 8.27. The normalized spacial score (nSPS) is 12.9. The Morgan fingerprint density at radius 2 is 1.77 bits per heavy atom. The molecule has 1 atom stereocenters. The fourth-order valence-electron chi connectivity index (χ4n) is 3.02. The van der Waals surface area contributed by atoms with Crippen LogP contribution in [-0.4, -0.2) is 41.7 Å². The molecule has 4 nitrogen and oxygen atoms in total. The molecule has 2 aromatic rings. The van der Waals surface area contributed by atoms with Gasteiger partial charge in [0.15, 0.2) is 0 Å². The number of benzene rings is 2. The Balaban J connectivity index is 2.13. The molecule has 0 radical (unpaired) electrons. The van der Waals surface area contributed by atoms with E-state index in [-0.39, 0.29) is 18.5 Å². The first-order chi connectivity index (χ1) is 14.1. The van der Waals surface area contributed by atoms with E-state index in [9.17, 15) is 18.0 Å². The molecular formula is C22H26F3NO3S. The van der Waals surface area contributed by atoms with Gasteiger partial charge >= 0.3 is 12.1 Å². The van der Waals surface area contributed by atoms with E-state index in [1.807, 2.05) is 43.9 Å². The van der Waals surface area contributed by atoms with Crippen LogP contribution >= 0.6 is 11.8 Å². The molecule has 0 saturated carbocycles. The van der Waals surface area contributed by atoms with Crippen molar-refractivity contribution >= 4 is 17.7 Å². The largest absolute Gasteiger partial charge is 0.491 e. The van der Waals surface area contributed by atoms with Gasteiger partial charge in [0.05, 0.1) is 17.0 Å². The van der Waals surface area contributed by atoms with Crippen LogP contribution in [-0.2, 0) is 11.0 Å². The average molecular weight is 442 g/mol. The molecule has 1 unspecified atom stereocenters. The summed E-state index contributed by atoms with van der Waals surface area (Å²) in [6.45, 7) is 6.77. The number of likely N-dealkylation sites (N-methyl/N-ethyl adjacent to an activating group) is 1. The van der Waals surface area contributed by atoms with Crippen LogP contribution in [0.2, 0.25) is 0 Å². The van der Waals surface area contributed by atoms with Crippen LogP contribution in [0.4, 0.5) is 13.2 Å². The minimum Gasteiger partial charge on any atom is -0.491 e. The molecule has 0 spiro atoms. The summed E-state index contributed by atoms with van der Waals surface area (Å²) in [4.78, 5) is 14.5. The highest BCUT2D eigenvalue weighted by atomic mass is 32.2. The number of para-hydroxylation sites is 1. The maximum atomic E-state index is 12.8. The molecule has 0 aliphatic heterocycles. The van der Waals surface area contributed by atoms with E-state index in [0.29, 0.717) is 23.8 Å². The van der Waals surface area contributed by atoms with Crippen molar-refractivity contribution in [1.29, 1.82) is 0 Å². The van der Waals surface area contributed by atoms with Gasteiger partial charge in [-0.3, -0.25) is 9.69 Å². The zero-order valence-corrected chi connectivity index (χ0v) is 18.0. The van der Waals surface area contributed by atoms with Gasteiger partial charge in [0.1, 0.15) is 12.4 Å². The van der Waals surface area contributed by atoms with Crippen molar-refractivity contribution in [1.82, 2.24) is 4.90 Å². The SMILES string of the molecule is CCN(CC(=O)O)C(COc1ccccc1Sc1ccc(C(F)(F)F)cc1)C(C)C. The van der Waals surface area contributed by atoms with Gasteiger partial charge in [-0.15, -0.1) is 0 Å². The zero-order chi connectivity index (χ0) is 22.3. The van der Waals surface area contributed by atoms with Gasteiger partial charge in [-0.05, 0) is 48.9 Å². The van der Waals surface area contributed by atoms with E-state index in [0.717, 1.165) is 17.0 Å². The molecule has 164 valence electrons. The van der Waals surface area contributed by atoms with Crippen LogP contribution < -0.4 is 4.74 Å². The van der Waals surface area contributed by atoms with E-state index in [1.165, 1.54) is 23.9 Å². The lowest BCUT2D eigenvalue weighted by atomic mass is 10.0. The predicted octanol–water partition coefficient (Wildman–Crippen LogP) is 5.67. The average Bonchev–Trinajstić information content (AvgIpc) is 2.67. The summed E-state index contributed by atoms with van der Waals surface area (Å²) >= 11 is 1.32. The molecule has 8 heteroatoms. The van der Waals surface area contributed by atoms with Crippen molar-refractivity contribution in [2.75, 3.05) is 19.7 Å². The fraction of sp³-hybridized carbons (Fsp3) is 0.409. The smallest absolute Gasteiger partial charge is 0.416 e. The molecular weight excluding hydrogens is 415 g/mol. The van der Waals surface area contributed by atoms with Crippen molar-refractivity contribution < 1.29 is 27.8 Å². The molecule has 0 saturated heterocycles. The summed E-state index contributed by atoms with van der Waals surface area (Å²) in [5.41, 5.74) is -0.686. The third kappa shape index (κ3) is 6.95. The molecule has 2 rings (SSSR count). The number of carboxylic acid groups (broad SMARTS) is 1. The first kappa shape index (κ1) is 24.1. The standard InChI is InChI=1S/C22H26F3NO3S/c1-4-26(13-21(27)28)18(15(2)3)14-29-19-7-5-6-8-20(19)30-17-11-9-16(10-12-17)22(23,24)25/h5-12,15,18H,4,13-14H2,1-3H3,(H,27,28). The monoisotopic (exact) mass is 441 g/mol. The number of rotatable bonds is 10. The van der Waals surface area contributed by atoms with Gasteiger partial charge in [0.25, 0.3) is 0 Å². The second-order valence-electron chi connectivity index (χ2n) is 7.15. The summed E-state index contributed by atoms with van der Waals surface area (Å²) in [6.07, 6.45) is -4.36. The summed E-state index contributed by atoms with van der Waals surface area (Å²) in [7, 11) is 0. The van der Waals surface area contributed by atoms with E-state index >= 15 is 0 Å². The molecule has 0 bridgehead atoms. The molecule has 0 heterocycles. The topological polar surface area (TPSA) is 49.8 Å². The Kier molecular flexibility index (Phi) is 8.61. The number of hydrogen-bond donors (Lipinski definition) is 1. The van der Waals surface area contributed by atoms with Crippen LogP contribution in [0.3, 0.4) is 0 Å². The lowest BCUT2D eigenvalue weighted by Gasteiger charge is -2.32. The van der Waals surface area contributed by atoms with Crippen molar-refractivity contribution in [3.05, 3.63) is 54.1 Å². The minimum atomic E-state index is -4.36. The summed E-state index contributed by atoms with van der Waals surface area (Å²) in [6, 6.07) is 12.2. The number of carbonyl (C=O) groups is 1. The quantitative estimate of drug-likeness (QED) is 0.515. The van der Waals surface area contributed by atoms with Gasteiger partial charge in [-0.2, -0.15) is 13.2 Å². The highest BCUT2D eigenvalue weighted by Gasteiger charge is 2.30.